The highest BCUT2D eigenvalue weighted by molar-refractivity contribution is 5.79. The summed E-state index contributed by atoms with van der Waals surface area (Å²) in [5, 5.41) is 9.74. The predicted octanol–water partition coefficient (Wildman–Crippen LogP) is 3.10. The summed E-state index contributed by atoms with van der Waals surface area (Å²) in [4.78, 5) is 30.0. The lowest BCUT2D eigenvalue weighted by molar-refractivity contribution is -0.127. The maximum Gasteiger partial charge on any atom is 0.229 e. The van der Waals surface area contributed by atoms with Gasteiger partial charge in [-0.05, 0) is 44.1 Å². The van der Waals surface area contributed by atoms with Crippen LogP contribution in [0, 0.1) is 5.92 Å². The number of rotatable bonds is 9. The van der Waals surface area contributed by atoms with Crippen molar-refractivity contribution in [3.63, 3.8) is 0 Å². The van der Waals surface area contributed by atoms with Crippen molar-refractivity contribution >= 4 is 34.5 Å². The topological polar surface area (TPSA) is 110 Å². The quantitative estimate of drug-likeness (QED) is 0.456. The summed E-state index contributed by atoms with van der Waals surface area (Å²) >= 11 is 0. The molecule has 5 rings (SSSR count). The minimum Gasteiger partial charge on any atom is -0.370 e. The molecule has 9 nitrogen and oxygen atoms in total. The van der Waals surface area contributed by atoms with Gasteiger partial charge in [-0.1, -0.05) is 6.42 Å². The van der Waals surface area contributed by atoms with E-state index in [-0.39, 0.29) is 11.8 Å². The van der Waals surface area contributed by atoms with Gasteiger partial charge in [-0.25, -0.2) is 15.0 Å². The SMILES string of the molecule is Cn1cnc2cc(Nc3ncc(C4CC4)c(NCCCNC(=O)C4CCC4)n3)cnc21. The van der Waals surface area contributed by atoms with E-state index in [2.05, 4.69) is 30.9 Å². The van der Waals surface area contributed by atoms with E-state index in [1.807, 2.05) is 23.9 Å². The molecule has 2 fully saturated rings. The Balaban J connectivity index is 1.21. The summed E-state index contributed by atoms with van der Waals surface area (Å²) in [6.45, 7) is 1.44. The zero-order valence-corrected chi connectivity index (χ0v) is 17.8. The number of nitrogens with one attached hydrogen (secondary N) is 3. The highest BCUT2D eigenvalue weighted by atomic mass is 16.1. The van der Waals surface area contributed by atoms with Crippen molar-refractivity contribution in [3.8, 4) is 0 Å². The van der Waals surface area contributed by atoms with Crippen LogP contribution >= 0.6 is 0 Å². The molecule has 31 heavy (non-hydrogen) atoms. The van der Waals surface area contributed by atoms with Gasteiger partial charge >= 0.3 is 0 Å². The lowest BCUT2D eigenvalue weighted by Crippen LogP contribution is -2.35. The van der Waals surface area contributed by atoms with Crippen molar-refractivity contribution in [1.82, 2.24) is 29.8 Å². The van der Waals surface area contributed by atoms with E-state index in [1.165, 1.54) is 24.8 Å². The number of aryl methyl sites for hydroxylation is 1. The van der Waals surface area contributed by atoms with Gasteiger partial charge in [0, 0.05) is 37.8 Å². The van der Waals surface area contributed by atoms with Crippen molar-refractivity contribution in [1.29, 1.82) is 0 Å². The number of nitrogens with zero attached hydrogens (tertiary/aromatic N) is 5. The molecule has 3 aromatic heterocycles. The van der Waals surface area contributed by atoms with Gasteiger partial charge in [0.05, 0.1) is 18.2 Å². The van der Waals surface area contributed by atoms with Gasteiger partial charge in [-0.3, -0.25) is 4.79 Å². The number of carbonyl (C=O) groups excluding carboxylic acids is 1. The fraction of sp³-hybridized carbons (Fsp3) is 0.500. The second kappa shape index (κ2) is 8.49. The molecule has 0 unspecified atom stereocenters. The molecule has 2 saturated carbocycles. The van der Waals surface area contributed by atoms with Crippen molar-refractivity contribution in [2.45, 2.75) is 44.4 Å². The Morgan fingerprint density at radius 1 is 1.13 bits per heavy atom. The van der Waals surface area contributed by atoms with Crippen LogP contribution in [0.2, 0.25) is 0 Å². The molecule has 162 valence electrons. The van der Waals surface area contributed by atoms with Crippen LogP contribution in [-0.2, 0) is 11.8 Å². The minimum absolute atomic E-state index is 0.205. The number of pyridine rings is 1. The second-order valence-corrected chi connectivity index (χ2v) is 8.52. The Kier molecular flexibility index (Phi) is 5.40. The molecule has 2 aliphatic rings. The molecular weight excluding hydrogens is 392 g/mol. The number of amides is 1. The number of imidazole rings is 1. The Bertz CT molecular complexity index is 1090. The standard InChI is InChI=1S/C22H28N8O/c1-30-13-27-18-10-16(11-25-20(18)30)28-22-26-12-17(14-6-7-14)19(29-22)23-8-3-9-24-21(31)15-4-2-5-15/h10-15H,2-9H2,1H3,(H,24,31)(H2,23,26,28,29). The van der Waals surface area contributed by atoms with E-state index in [0.29, 0.717) is 18.4 Å². The Labute approximate surface area is 181 Å². The molecule has 0 spiro atoms. The van der Waals surface area contributed by atoms with Crippen LogP contribution in [0.5, 0.6) is 0 Å². The average molecular weight is 421 g/mol. The molecular formula is C22H28N8O. The number of hydrogen-bond donors (Lipinski definition) is 3. The first-order chi connectivity index (χ1) is 15.2. The van der Waals surface area contributed by atoms with Gasteiger partial charge in [0.1, 0.15) is 11.3 Å². The summed E-state index contributed by atoms with van der Waals surface area (Å²) in [5.74, 6) is 2.39. The zero-order valence-electron chi connectivity index (χ0n) is 17.8. The van der Waals surface area contributed by atoms with Gasteiger partial charge in [-0.15, -0.1) is 0 Å². The summed E-state index contributed by atoms with van der Waals surface area (Å²) in [6.07, 6.45) is 11.9. The van der Waals surface area contributed by atoms with Crippen LogP contribution in [0.4, 0.5) is 17.5 Å². The van der Waals surface area contributed by atoms with Crippen LogP contribution in [0.25, 0.3) is 11.2 Å². The molecule has 1 amide bonds. The van der Waals surface area contributed by atoms with Crippen molar-refractivity contribution in [2.75, 3.05) is 23.7 Å². The van der Waals surface area contributed by atoms with Crippen molar-refractivity contribution < 1.29 is 4.79 Å². The van der Waals surface area contributed by atoms with Crippen LogP contribution in [-0.4, -0.2) is 43.5 Å². The van der Waals surface area contributed by atoms with E-state index in [1.54, 1.807) is 12.5 Å². The molecule has 0 radical (unpaired) electrons. The maximum atomic E-state index is 11.9. The molecule has 0 atom stereocenters. The normalized spacial score (nSPS) is 16.2. The lowest BCUT2D eigenvalue weighted by Gasteiger charge is -2.24. The smallest absolute Gasteiger partial charge is 0.229 e. The Hall–Kier alpha value is -3.23. The lowest BCUT2D eigenvalue weighted by atomic mass is 9.85. The first-order valence-corrected chi connectivity index (χ1v) is 11.1. The molecule has 0 aliphatic heterocycles. The van der Waals surface area contributed by atoms with E-state index in [4.69, 9.17) is 4.98 Å². The maximum absolute atomic E-state index is 11.9. The number of anilines is 3. The molecule has 3 aromatic rings. The van der Waals surface area contributed by atoms with Crippen LogP contribution in [0.1, 0.15) is 50.0 Å². The van der Waals surface area contributed by atoms with E-state index in [9.17, 15) is 4.79 Å². The van der Waals surface area contributed by atoms with Gasteiger partial charge in [0.15, 0.2) is 5.65 Å². The van der Waals surface area contributed by atoms with Gasteiger partial charge in [0.25, 0.3) is 0 Å². The Morgan fingerprint density at radius 2 is 2.00 bits per heavy atom. The fourth-order valence-electron chi connectivity index (χ4n) is 3.82. The molecule has 3 heterocycles. The first kappa shape index (κ1) is 19.7. The predicted molar refractivity (Wildman–Crippen MR) is 119 cm³/mol. The van der Waals surface area contributed by atoms with Crippen LogP contribution in [0.15, 0.2) is 24.8 Å². The Morgan fingerprint density at radius 3 is 2.77 bits per heavy atom. The summed E-state index contributed by atoms with van der Waals surface area (Å²) in [6, 6.07) is 1.94. The van der Waals surface area contributed by atoms with Gasteiger partial charge in [0.2, 0.25) is 11.9 Å². The molecule has 9 heteroatoms. The van der Waals surface area contributed by atoms with Gasteiger partial charge < -0.3 is 20.5 Å². The molecule has 0 saturated heterocycles. The number of hydrogen-bond acceptors (Lipinski definition) is 7. The third-order valence-corrected chi connectivity index (χ3v) is 6.06. The van der Waals surface area contributed by atoms with E-state index >= 15 is 0 Å². The summed E-state index contributed by atoms with van der Waals surface area (Å²) < 4.78 is 1.89. The number of fused-ring (bicyclic) bond motifs is 1. The third-order valence-electron chi connectivity index (χ3n) is 6.06. The average Bonchev–Trinajstić information content (AvgIpc) is 3.50. The monoisotopic (exact) mass is 420 g/mol. The fourth-order valence-corrected chi connectivity index (χ4v) is 3.82. The second-order valence-electron chi connectivity index (χ2n) is 8.52. The van der Waals surface area contributed by atoms with E-state index in [0.717, 1.165) is 48.5 Å². The van der Waals surface area contributed by atoms with Crippen molar-refractivity contribution in [2.24, 2.45) is 13.0 Å². The highest BCUT2D eigenvalue weighted by Gasteiger charge is 2.28. The highest BCUT2D eigenvalue weighted by Crippen LogP contribution is 2.42. The summed E-state index contributed by atoms with van der Waals surface area (Å²) in [5.41, 5.74) is 3.63. The molecule has 2 aliphatic carbocycles. The largest absolute Gasteiger partial charge is 0.370 e. The zero-order chi connectivity index (χ0) is 21.2. The molecule has 3 N–H and O–H groups in total. The summed E-state index contributed by atoms with van der Waals surface area (Å²) in [7, 11) is 1.92. The molecule has 0 aromatic carbocycles. The van der Waals surface area contributed by atoms with Crippen molar-refractivity contribution in [3.05, 3.63) is 30.4 Å². The number of aromatic nitrogens is 5. The van der Waals surface area contributed by atoms with Crippen LogP contribution in [0.3, 0.4) is 0 Å². The number of carbonyl (C=O) groups is 1. The van der Waals surface area contributed by atoms with Crippen LogP contribution < -0.4 is 16.0 Å². The third kappa shape index (κ3) is 4.45. The first-order valence-electron chi connectivity index (χ1n) is 11.1. The van der Waals surface area contributed by atoms with E-state index < -0.39 is 0 Å². The minimum atomic E-state index is 0.205. The molecule has 0 bridgehead atoms. The van der Waals surface area contributed by atoms with Gasteiger partial charge in [-0.2, -0.15) is 4.98 Å².